The maximum atomic E-state index is 12.4. The molecule has 6 nitrogen and oxygen atoms in total. The molecule has 1 atom stereocenters. The van der Waals surface area contributed by atoms with Crippen LogP contribution in [0.1, 0.15) is 44.1 Å². The molecule has 4 rings (SSSR count). The van der Waals surface area contributed by atoms with E-state index >= 15 is 0 Å². The second kappa shape index (κ2) is 8.37. The lowest BCUT2D eigenvalue weighted by atomic mass is 9.72. The number of rotatable bonds is 5. The number of hydrogen-bond acceptors (Lipinski definition) is 5. The van der Waals surface area contributed by atoms with Crippen LogP contribution in [0.25, 0.3) is 0 Å². The lowest BCUT2D eigenvalue weighted by Crippen LogP contribution is -2.52. The lowest BCUT2D eigenvalue weighted by Gasteiger charge is -2.48. The quantitative estimate of drug-likeness (QED) is 0.778. The van der Waals surface area contributed by atoms with Gasteiger partial charge in [-0.15, -0.1) is 0 Å². The van der Waals surface area contributed by atoms with E-state index in [0.717, 1.165) is 64.4 Å². The van der Waals surface area contributed by atoms with Gasteiger partial charge in [0.05, 0.1) is 6.10 Å². The number of aromatic nitrogens is 1. The predicted molar refractivity (Wildman–Crippen MR) is 110 cm³/mol. The van der Waals surface area contributed by atoms with Crippen molar-refractivity contribution in [2.24, 2.45) is 5.41 Å². The highest BCUT2D eigenvalue weighted by Gasteiger charge is 2.41. The Balaban J connectivity index is 1.30. The SMILES string of the molecule is CN(C)c1ccc(CN2CCC3(CCC(=O)N(C[C@@H]4CCCO4)C3)CC2)cn1. The van der Waals surface area contributed by atoms with Crippen LogP contribution in [0.3, 0.4) is 0 Å². The standard InChI is InChI=1S/C22H34N4O2/c1-24(2)20-6-5-18(14-23-20)15-25-11-9-22(10-12-25)8-7-21(27)26(17-22)16-19-4-3-13-28-19/h5-6,14,19H,3-4,7-13,15-17H2,1-2H3/t19-/m0/s1. The number of carbonyl (C=O) groups is 1. The van der Waals surface area contributed by atoms with Crippen LogP contribution in [0.2, 0.25) is 0 Å². The highest BCUT2D eigenvalue weighted by Crippen LogP contribution is 2.40. The topological polar surface area (TPSA) is 48.9 Å². The van der Waals surface area contributed by atoms with E-state index < -0.39 is 0 Å². The molecule has 0 saturated carbocycles. The van der Waals surface area contributed by atoms with E-state index in [1.807, 2.05) is 25.2 Å². The Morgan fingerprint density at radius 2 is 2.07 bits per heavy atom. The Labute approximate surface area is 168 Å². The number of nitrogens with zero attached hydrogens (tertiary/aromatic N) is 4. The average Bonchev–Trinajstić information content (AvgIpc) is 3.20. The summed E-state index contributed by atoms with van der Waals surface area (Å²) in [5, 5.41) is 0. The van der Waals surface area contributed by atoms with E-state index in [-0.39, 0.29) is 6.10 Å². The highest BCUT2D eigenvalue weighted by molar-refractivity contribution is 5.77. The van der Waals surface area contributed by atoms with Crippen LogP contribution in [-0.4, -0.2) is 73.7 Å². The molecule has 4 heterocycles. The predicted octanol–water partition coefficient (Wildman–Crippen LogP) is 2.53. The number of piperidine rings is 2. The number of ether oxygens (including phenoxy) is 1. The molecular weight excluding hydrogens is 352 g/mol. The molecule has 0 bridgehead atoms. The Kier molecular flexibility index (Phi) is 5.88. The number of anilines is 1. The molecule has 3 saturated heterocycles. The Hall–Kier alpha value is -1.66. The molecule has 1 amide bonds. The van der Waals surface area contributed by atoms with Crippen molar-refractivity contribution in [3.8, 4) is 0 Å². The first-order valence-electron chi connectivity index (χ1n) is 10.8. The molecule has 3 aliphatic rings. The largest absolute Gasteiger partial charge is 0.376 e. The molecule has 1 spiro atoms. The molecule has 0 unspecified atom stereocenters. The summed E-state index contributed by atoms with van der Waals surface area (Å²) in [6, 6.07) is 4.28. The zero-order chi connectivity index (χ0) is 19.6. The number of likely N-dealkylation sites (tertiary alicyclic amines) is 2. The monoisotopic (exact) mass is 386 g/mol. The van der Waals surface area contributed by atoms with Gasteiger partial charge < -0.3 is 14.5 Å². The van der Waals surface area contributed by atoms with Crippen LogP contribution in [0.15, 0.2) is 18.3 Å². The van der Waals surface area contributed by atoms with Crippen molar-refractivity contribution < 1.29 is 9.53 Å². The van der Waals surface area contributed by atoms with Gasteiger partial charge in [-0.1, -0.05) is 6.07 Å². The fraction of sp³-hybridized carbons (Fsp3) is 0.727. The number of amides is 1. The van der Waals surface area contributed by atoms with Crippen molar-refractivity contribution in [3.05, 3.63) is 23.9 Å². The van der Waals surface area contributed by atoms with Crippen LogP contribution < -0.4 is 4.90 Å². The van der Waals surface area contributed by atoms with E-state index in [2.05, 4.69) is 26.9 Å². The Morgan fingerprint density at radius 1 is 1.25 bits per heavy atom. The molecule has 0 N–H and O–H groups in total. The summed E-state index contributed by atoms with van der Waals surface area (Å²) >= 11 is 0. The molecular formula is C22H34N4O2. The van der Waals surface area contributed by atoms with Crippen LogP contribution in [-0.2, 0) is 16.1 Å². The second-order valence-corrected chi connectivity index (χ2v) is 9.10. The van der Waals surface area contributed by atoms with Gasteiger partial charge in [0.1, 0.15) is 5.82 Å². The minimum absolute atomic E-state index is 0.261. The molecule has 1 aromatic rings. The van der Waals surface area contributed by atoms with E-state index in [4.69, 9.17) is 4.74 Å². The van der Waals surface area contributed by atoms with Gasteiger partial charge in [-0.25, -0.2) is 4.98 Å². The molecule has 0 aliphatic carbocycles. The summed E-state index contributed by atoms with van der Waals surface area (Å²) in [5.74, 6) is 1.33. The zero-order valence-electron chi connectivity index (χ0n) is 17.4. The number of pyridine rings is 1. The van der Waals surface area contributed by atoms with Crippen molar-refractivity contribution in [3.63, 3.8) is 0 Å². The zero-order valence-corrected chi connectivity index (χ0v) is 17.4. The summed E-state index contributed by atoms with van der Waals surface area (Å²) in [4.78, 5) is 23.7. The third kappa shape index (κ3) is 4.49. The van der Waals surface area contributed by atoms with Crippen molar-refractivity contribution in [2.45, 2.75) is 51.2 Å². The first-order chi connectivity index (χ1) is 13.5. The van der Waals surface area contributed by atoms with Gasteiger partial charge in [0.2, 0.25) is 5.91 Å². The van der Waals surface area contributed by atoms with Crippen molar-refractivity contribution in [1.82, 2.24) is 14.8 Å². The molecule has 1 aromatic heterocycles. The summed E-state index contributed by atoms with van der Waals surface area (Å²) in [6.45, 7) is 5.77. The minimum Gasteiger partial charge on any atom is -0.376 e. The summed E-state index contributed by atoms with van der Waals surface area (Å²) in [5.41, 5.74) is 1.59. The smallest absolute Gasteiger partial charge is 0.222 e. The summed E-state index contributed by atoms with van der Waals surface area (Å²) in [6.07, 6.45) is 8.64. The third-order valence-corrected chi connectivity index (χ3v) is 6.79. The maximum absolute atomic E-state index is 12.4. The lowest BCUT2D eigenvalue weighted by molar-refractivity contribution is -0.141. The molecule has 3 fully saturated rings. The van der Waals surface area contributed by atoms with E-state index in [0.29, 0.717) is 17.7 Å². The minimum atomic E-state index is 0.261. The highest BCUT2D eigenvalue weighted by atomic mass is 16.5. The van der Waals surface area contributed by atoms with Gasteiger partial charge in [-0.2, -0.15) is 0 Å². The molecule has 28 heavy (non-hydrogen) atoms. The van der Waals surface area contributed by atoms with Gasteiger partial charge in [0.25, 0.3) is 0 Å². The van der Waals surface area contributed by atoms with Crippen LogP contribution >= 0.6 is 0 Å². The number of hydrogen-bond donors (Lipinski definition) is 0. The summed E-state index contributed by atoms with van der Waals surface area (Å²) in [7, 11) is 4.03. The van der Waals surface area contributed by atoms with Crippen molar-refractivity contribution in [1.29, 1.82) is 0 Å². The second-order valence-electron chi connectivity index (χ2n) is 9.10. The van der Waals surface area contributed by atoms with Crippen molar-refractivity contribution in [2.75, 3.05) is 51.8 Å². The van der Waals surface area contributed by atoms with Gasteiger partial charge in [-0.3, -0.25) is 9.69 Å². The van der Waals surface area contributed by atoms with Crippen LogP contribution in [0, 0.1) is 5.41 Å². The van der Waals surface area contributed by atoms with Crippen molar-refractivity contribution >= 4 is 11.7 Å². The van der Waals surface area contributed by atoms with Gasteiger partial charge >= 0.3 is 0 Å². The van der Waals surface area contributed by atoms with Gasteiger partial charge in [0, 0.05) is 53.0 Å². The van der Waals surface area contributed by atoms with E-state index in [9.17, 15) is 4.79 Å². The molecule has 0 aromatic carbocycles. The number of carbonyl (C=O) groups excluding carboxylic acids is 1. The Morgan fingerprint density at radius 3 is 2.71 bits per heavy atom. The van der Waals surface area contributed by atoms with Crippen LogP contribution in [0.4, 0.5) is 5.82 Å². The molecule has 6 heteroatoms. The molecule has 0 radical (unpaired) electrons. The van der Waals surface area contributed by atoms with Crippen LogP contribution in [0.5, 0.6) is 0 Å². The van der Waals surface area contributed by atoms with Gasteiger partial charge in [-0.05, 0) is 62.2 Å². The van der Waals surface area contributed by atoms with Gasteiger partial charge in [0.15, 0.2) is 0 Å². The fourth-order valence-corrected chi connectivity index (χ4v) is 4.93. The van der Waals surface area contributed by atoms with E-state index in [1.54, 1.807) is 0 Å². The third-order valence-electron chi connectivity index (χ3n) is 6.79. The van der Waals surface area contributed by atoms with E-state index in [1.165, 1.54) is 18.4 Å². The first-order valence-corrected chi connectivity index (χ1v) is 10.8. The molecule has 154 valence electrons. The fourth-order valence-electron chi connectivity index (χ4n) is 4.93. The summed E-state index contributed by atoms with van der Waals surface area (Å²) < 4.78 is 5.78. The normalized spacial score (nSPS) is 25.4. The Bertz CT molecular complexity index is 662. The average molecular weight is 387 g/mol. The first kappa shape index (κ1) is 19.6. The molecule has 3 aliphatic heterocycles. The maximum Gasteiger partial charge on any atom is 0.222 e.